The lowest BCUT2D eigenvalue weighted by atomic mass is 10.1. The average molecular weight is 344 g/mol. The summed E-state index contributed by atoms with van der Waals surface area (Å²) in [6, 6.07) is 3.89. The van der Waals surface area contributed by atoms with E-state index in [0.29, 0.717) is 23.9 Å². The van der Waals surface area contributed by atoms with Crippen LogP contribution in [0.25, 0.3) is 11.5 Å². The van der Waals surface area contributed by atoms with Crippen LogP contribution < -0.4 is 4.90 Å². The molecule has 0 bridgehead atoms. The Morgan fingerprint density at radius 3 is 2.60 bits per heavy atom. The zero-order valence-electron chi connectivity index (χ0n) is 14.6. The third-order valence-corrected chi connectivity index (χ3v) is 4.84. The van der Waals surface area contributed by atoms with Crippen molar-refractivity contribution < 1.29 is 14.0 Å². The molecule has 0 aliphatic carbocycles. The van der Waals surface area contributed by atoms with E-state index in [2.05, 4.69) is 20.0 Å². The summed E-state index contributed by atoms with van der Waals surface area (Å²) >= 11 is 0. The van der Waals surface area contributed by atoms with Crippen LogP contribution in [0.3, 0.4) is 0 Å². The first-order valence-corrected chi connectivity index (χ1v) is 9.03. The number of anilines is 1. The molecule has 0 saturated carbocycles. The smallest absolute Gasteiger partial charge is 0.261 e. The molecule has 2 aliphatic heterocycles. The van der Waals surface area contributed by atoms with Gasteiger partial charge >= 0.3 is 0 Å². The van der Waals surface area contributed by atoms with Crippen LogP contribution in [0.4, 0.5) is 5.82 Å². The lowest BCUT2D eigenvalue weighted by Gasteiger charge is -2.35. The fourth-order valence-electron chi connectivity index (χ4n) is 3.51. The molecule has 0 spiro atoms. The molecule has 7 nitrogen and oxygen atoms in total. The Balaban J connectivity index is 1.41. The molecule has 2 aromatic rings. The first-order chi connectivity index (χ1) is 12.3. The number of hydrogen-bond acceptors (Lipinski definition) is 7. The second kappa shape index (κ2) is 7.49. The normalized spacial score (nSPS) is 20.1. The van der Waals surface area contributed by atoms with Crippen molar-refractivity contribution in [3.05, 3.63) is 24.2 Å². The third kappa shape index (κ3) is 3.82. The maximum atomic E-state index is 6.27. The van der Waals surface area contributed by atoms with Crippen molar-refractivity contribution >= 4 is 5.82 Å². The summed E-state index contributed by atoms with van der Waals surface area (Å²) < 4.78 is 17.0. The molecule has 0 amide bonds. The van der Waals surface area contributed by atoms with E-state index in [1.165, 1.54) is 0 Å². The summed E-state index contributed by atoms with van der Waals surface area (Å²) in [4.78, 5) is 11.2. The highest BCUT2D eigenvalue weighted by Gasteiger charge is 2.26. The second-order valence-corrected chi connectivity index (χ2v) is 6.66. The molecule has 0 unspecified atom stereocenters. The highest BCUT2D eigenvalue weighted by molar-refractivity contribution is 5.69. The Morgan fingerprint density at radius 1 is 1.12 bits per heavy atom. The van der Waals surface area contributed by atoms with E-state index in [1.54, 1.807) is 0 Å². The first-order valence-electron chi connectivity index (χ1n) is 9.03. The Labute approximate surface area is 147 Å². The van der Waals surface area contributed by atoms with E-state index in [9.17, 15) is 0 Å². The monoisotopic (exact) mass is 344 g/mol. The topological polar surface area (TPSA) is 73.5 Å². The van der Waals surface area contributed by atoms with Crippen molar-refractivity contribution in [1.82, 2.24) is 15.1 Å². The summed E-state index contributed by atoms with van der Waals surface area (Å²) in [5.74, 6) is 2.07. The molecule has 4 rings (SSSR count). The molecular formula is C18H24N4O3. The molecule has 2 saturated heterocycles. The van der Waals surface area contributed by atoms with Crippen LogP contribution >= 0.6 is 0 Å². The van der Waals surface area contributed by atoms with Gasteiger partial charge in [0.05, 0.1) is 17.8 Å². The second-order valence-electron chi connectivity index (χ2n) is 6.66. The van der Waals surface area contributed by atoms with E-state index in [-0.39, 0.29) is 0 Å². The zero-order valence-corrected chi connectivity index (χ0v) is 14.6. The van der Waals surface area contributed by atoms with Gasteiger partial charge in [-0.15, -0.1) is 0 Å². The van der Waals surface area contributed by atoms with Crippen LogP contribution in [0.2, 0.25) is 0 Å². The summed E-state index contributed by atoms with van der Waals surface area (Å²) in [6.45, 7) is 5.31. The molecular weight excluding hydrogens is 320 g/mol. The molecule has 0 aromatic carbocycles. The molecule has 4 heterocycles. The van der Waals surface area contributed by atoms with Crippen LogP contribution in [0.15, 0.2) is 22.9 Å². The predicted octanol–water partition coefficient (Wildman–Crippen LogP) is 2.60. The number of hydrogen-bond donors (Lipinski definition) is 0. The molecule has 134 valence electrons. The fourth-order valence-corrected chi connectivity index (χ4v) is 3.51. The van der Waals surface area contributed by atoms with E-state index >= 15 is 0 Å². The van der Waals surface area contributed by atoms with E-state index in [4.69, 9.17) is 14.0 Å². The number of aromatic nitrogens is 3. The van der Waals surface area contributed by atoms with E-state index in [0.717, 1.165) is 63.4 Å². The summed E-state index contributed by atoms with van der Waals surface area (Å²) in [5.41, 5.74) is 0.895. The number of rotatable bonds is 4. The molecule has 0 N–H and O–H groups in total. The lowest BCUT2D eigenvalue weighted by Crippen LogP contribution is -2.40. The predicted molar refractivity (Wildman–Crippen MR) is 92.4 cm³/mol. The van der Waals surface area contributed by atoms with Gasteiger partial charge in [0.1, 0.15) is 5.82 Å². The summed E-state index contributed by atoms with van der Waals surface area (Å²) in [5, 5.41) is 3.89. The van der Waals surface area contributed by atoms with Crippen LogP contribution in [0.1, 0.15) is 31.5 Å². The minimum atomic E-state index is 0.331. The standard InChI is InChI=1S/C18H24N4O3/c1-13-20-18(25-21-13)16-3-2-8-19-17(16)22-9-4-14(5-10-22)24-15-6-11-23-12-7-15/h2-3,8,14-15H,4-7,9-12H2,1H3. The van der Waals surface area contributed by atoms with Crippen LogP contribution in [-0.4, -0.2) is 53.6 Å². The average Bonchev–Trinajstić information content (AvgIpc) is 3.10. The van der Waals surface area contributed by atoms with Gasteiger partial charge in [0.2, 0.25) is 0 Å². The molecule has 2 aromatic heterocycles. The van der Waals surface area contributed by atoms with Crippen LogP contribution in [0.5, 0.6) is 0 Å². The van der Waals surface area contributed by atoms with Crippen LogP contribution in [0, 0.1) is 6.92 Å². The lowest BCUT2D eigenvalue weighted by molar-refractivity contribution is -0.0743. The van der Waals surface area contributed by atoms with Gasteiger partial charge < -0.3 is 18.9 Å². The van der Waals surface area contributed by atoms with Gasteiger partial charge in [-0.05, 0) is 44.7 Å². The first kappa shape index (κ1) is 16.5. The highest BCUT2D eigenvalue weighted by atomic mass is 16.5. The van der Waals surface area contributed by atoms with Crippen molar-refractivity contribution in [2.24, 2.45) is 0 Å². The summed E-state index contributed by atoms with van der Waals surface area (Å²) in [7, 11) is 0. The Bertz CT molecular complexity index is 691. The van der Waals surface area contributed by atoms with Gasteiger partial charge in [-0.3, -0.25) is 0 Å². The van der Waals surface area contributed by atoms with E-state index in [1.807, 2.05) is 25.3 Å². The Hall–Kier alpha value is -1.99. The summed E-state index contributed by atoms with van der Waals surface area (Å²) in [6.07, 6.45) is 6.55. The maximum Gasteiger partial charge on any atom is 0.261 e. The number of nitrogens with zero attached hydrogens (tertiary/aromatic N) is 4. The van der Waals surface area contributed by atoms with Crippen LogP contribution in [-0.2, 0) is 9.47 Å². The number of pyridine rings is 1. The van der Waals surface area contributed by atoms with Gasteiger partial charge in [0.25, 0.3) is 5.89 Å². The fraction of sp³-hybridized carbons (Fsp3) is 0.611. The quantitative estimate of drug-likeness (QED) is 0.844. The van der Waals surface area contributed by atoms with Crippen molar-refractivity contribution in [3.8, 4) is 11.5 Å². The minimum absolute atomic E-state index is 0.331. The highest BCUT2D eigenvalue weighted by Crippen LogP contribution is 2.30. The largest absolute Gasteiger partial charge is 0.381 e. The van der Waals surface area contributed by atoms with Gasteiger partial charge in [-0.1, -0.05) is 5.16 Å². The molecule has 7 heteroatoms. The van der Waals surface area contributed by atoms with Gasteiger partial charge in [-0.25, -0.2) is 4.98 Å². The zero-order chi connectivity index (χ0) is 17.1. The molecule has 0 radical (unpaired) electrons. The number of piperidine rings is 1. The van der Waals surface area contributed by atoms with Crippen molar-refractivity contribution in [3.63, 3.8) is 0 Å². The molecule has 2 aliphatic rings. The molecule has 2 fully saturated rings. The Morgan fingerprint density at radius 2 is 1.88 bits per heavy atom. The number of aryl methyl sites for hydroxylation is 1. The molecule has 25 heavy (non-hydrogen) atoms. The van der Waals surface area contributed by atoms with Crippen molar-refractivity contribution in [1.29, 1.82) is 0 Å². The third-order valence-electron chi connectivity index (χ3n) is 4.84. The Kier molecular flexibility index (Phi) is 4.94. The number of ether oxygens (including phenoxy) is 2. The van der Waals surface area contributed by atoms with Crippen molar-refractivity contribution in [2.75, 3.05) is 31.2 Å². The van der Waals surface area contributed by atoms with Gasteiger partial charge in [-0.2, -0.15) is 4.98 Å². The van der Waals surface area contributed by atoms with Gasteiger partial charge in [0, 0.05) is 32.5 Å². The SMILES string of the molecule is Cc1noc(-c2cccnc2N2CCC(OC3CCOCC3)CC2)n1. The minimum Gasteiger partial charge on any atom is -0.381 e. The van der Waals surface area contributed by atoms with E-state index < -0.39 is 0 Å². The van der Waals surface area contributed by atoms with Gasteiger partial charge in [0.15, 0.2) is 5.82 Å². The molecule has 0 atom stereocenters. The maximum absolute atomic E-state index is 6.27. The van der Waals surface area contributed by atoms with Crippen molar-refractivity contribution in [2.45, 2.75) is 44.8 Å².